The molecule has 0 atom stereocenters. The second-order valence-corrected chi connectivity index (χ2v) is 8.16. The van der Waals surface area contributed by atoms with E-state index in [0.717, 1.165) is 11.4 Å². The molecule has 0 aliphatic heterocycles. The van der Waals surface area contributed by atoms with Crippen molar-refractivity contribution in [3.05, 3.63) is 69.2 Å². The first-order valence-electron chi connectivity index (χ1n) is 13.9. The Morgan fingerprint density at radius 2 is 0.979 bits per heavy atom. The number of azide groups is 2. The summed E-state index contributed by atoms with van der Waals surface area (Å²) in [6.45, 7) is 8.61. The van der Waals surface area contributed by atoms with Gasteiger partial charge in [0.05, 0.1) is 85.0 Å². The van der Waals surface area contributed by atoms with Gasteiger partial charge in [0, 0.05) is 35.3 Å². The van der Waals surface area contributed by atoms with Crippen molar-refractivity contribution in [3.8, 4) is 11.5 Å². The maximum Gasteiger partial charge on any atom is 1.00 e. The monoisotopic (exact) mass is 700 g/mol. The van der Waals surface area contributed by atoms with Crippen molar-refractivity contribution in [2.75, 3.05) is 106 Å². The summed E-state index contributed by atoms with van der Waals surface area (Å²) in [4.78, 5) is 12.8. The van der Waals surface area contributed by atoms with Crippen LogP contribution in [0, 0.1) is 12.9 Å². The minimum absolute atomic E-state index is 0. The van der Waals surface area contributed by atoms with E-state index in [9.17, 15) is 4.39 Å². The van der Waals surface area contributed by atoms with Gasteiger partial charge in [-0.1, -0.05) is 10.2 Å². The summed E-state index contributed by atoms with van der Waals surface area (Å²) in [7, 11) is 0. The van der Waals surface area contributed by atoms with Gasteiger partial charge in [-0.25, -0.2) is 4.98 Å². The second kappa shape index (κ2) is 38.2. The van der Waals surface area contributed by atoms with Crippen LogP contribution >= 0.6 is 0 Å². The average Bonchev–Trinajstić information content (AvgIpc) is 3.03. The summed E-state index contributed by atoms with van der Waals surface area (Å²) in [5.74, 6) is 0.256. The summed E-state index contributed by atoms with van der Waals surface area (Å²) >= 11 is 0. The molecule has 2 aromatic rings. The fourth-order valence-electron chi connectivity index (χ4n) is 2.91. The summed E-state index contributed by atoms with van der Waals surface area (Å²) < 4.78 is 55.4. The SMILES string of the molecule is Cc1ncccc1OCCOCCOCCOCCN=[N+]=[N-].F.[18F-].[K+].[N-]=[N+]=NCCOCCOCCOCCOc1cccnc1[18F]. The number of hydrogen-bond donors (Lipinski definition) is 0. The molecule has 0 amide bonds. The van der Waals surface area contributed by atoms with Crippen LogP contribution in [0.3, 0.4) is 0 Å². The van der Waals surface area contributed by atoms with E-state index in [1.165, 1.54) is 12.3 Å². The Hall–Kier alpha value is -2.29. The molecule has 0 fully saturated rings. The van der Waals surface area contributed by atoms with Crippen LogP contribution < -0.4 is 65.6 Å². The molecular formula is C27H42F3KN8O8. The maximum atomic E-state index is 13.1. The zero-order valence-electron chi connectivity index (χ0n) is 26.8. The third-order valence-corrected chi connectivity index (χ3v) is 4.94. The van der Waals surface area contributed by atoms with Gasteiger partial charge < -0.3 is 42.6 Å². The number of aryl methyl sites for hydroxylation is 1. The van der Waals surface area contributed by atoms with Crippen molar-refractivity contribution in [2.45, 2.75) is 6.92 Å². The molecule has 20 heteroatoms. The van der Waals surface area contributed by atoms with E-state index in [4.69, 9.17) is 49.0 Å². The minimum atomic E-state index is -0.633. The topological polar surface area (TPSA) is 197 Å². The third-order valence-electron chi connectivity index (χ3n) is 4.94. The number of pyridine rings is 2. The molecule has 16 nitrogen and oxygen atoms in total. The molecule has 2 heterocycles. The van der Waals surface area contributed by atoms with Crippen molar-refractivity contribution in [1.29, 1.82) is 0 Å². The second-order valence-electron chi connectivity index (χ2n) is 8.16. The van der Waals surface area contributed by atoms with Gasteiger partial charge >= 0.3 is 51.4 Å². The van der Waals surface area contributed by atoms with Crippen LogP contribution in [0.15, 0.2) is 46.9 Å². The summed E-state index contributed by atoms with van der Waals surface area (Å²) in [5, 5.41) is 6.68. The molecule has 0 aliphatic carbocycles. The smallest absolute Gasteiger partial charge is 1.00 e. The molecule has 0 radical (unpaired) electrons. The normalized spacial score (nSPS) is 9.57. The van der Waals surface area contributed by atoms with E-state index >= 15 is 0 Å². The molecule has 260 valence electrons. The van der Waals surface area contributed by atoms with Crippen LogP contribution in [-0.2, 0) is 28.4 Å². The van der Waals surface area contributed by atoms with Crippen LogP contribution in [0.1, 0.15) is 5.69 Å². The van der Waals surface area contributed by atoms with Gasteiger partial charge in [-0.2, -0.15) is 4.39 Å². The van der Waals surface area contributed by atoms with Crippen molar-refractivity contribution in [1.82, 2.24) is 9.97 Å². The largest absolute Gasteiger partial charge is 1.00 e. The van der Waals surface area contributed by atoms with Gasteiger partial charge in [0.25, 0.3) is 5.95 Å². The third kappa shape index (κ3) is 30.8. The van der Waals surface area contributed by atoms with E-state index in [-0.39, 0.29) is 73.1 Å². The standard InChI is InChI=1S/C14H22N4O4.C13H19FN4O4.2FH.K/c1-13-14(3-2-4-16-13)22-12-11-21-10-9-20-8-7-19-6-5-17-18-15;14-13-12(2-1-3-16-13)22-11-10-21-9-8-20-7-6-19-5-4-17-18-15;;;/h2-4H,5-12H2,1H3;1-3H,4-11H2;2*1H;/q;;;;+1/p-1/i;14-1;1-1;;. The predicted octanol–water partition coefficient (Wildman–Crippen LogP) is -1.75. The molecule has 2 aromatic heterocycles. The first-order chi connectivity index (χ1) is 21.7. The van der Waals surface area contributed by atoms with Gasteiger partial charge in [0.1, 0.15) is 19.0 Å². The molecule has 0 saturated carbocycles. The van der Waals surface area contributed by atoms with Crippen molar-refractivity contribution >= 4 is 0 Å². The Morgan fingerprint density at radius 3 is 1.38 bits per heavy atom. The van der Waals surface area contributed by atoms with Gasteiger partial charge in [-0.15, -0.1) is 0 Å². The number of halogens is 3. The van der Waals surface area contributed by atoms with Gasteiger partial charge in [-0.05, 0) is 42.3 Å². The maximum absolute atomic E-state index is 13.1. The summed E-state index contributed by atoms with van der Waals surface area (Å²) in [6, 6.07) is 6.83. The van der Waals surface area contributed by atoms with Crippen LogP contribution in [0.25, 0.3) is 20.9 Å². The Bertz CT molecular complexity index is 1010. The fraction of sp³-hybridized carbons (Fsp3) is 0.630. The van der Waals surface area contributed by atoms with E-state index in [2.05, 4.69) is 30.0 Å². The molecule has 0 N–H and O–H groups in total. The number of aromatic nitrogens is 2. The molecular weight excluding hydrogens is 658 g/mol. The predicted molar refractivity (Wildman–Crippen MR) is 160 cm³/mol. The van der Waals surface area contributed by atoms with Crippen molar-refractivity contribution < 1.29 is 103 Å². The minimum Gasteiger partial charge on any atom is -1.00 e. The molecule has 0 saturated heterocycles. The first kappa shape index (κ1) is 49.1. The quantitative estimate of drug-likeness (QED) is 0.0271. The van der Waals surface area contributed by atoms with E-state index < -0.39 is 5.95 Å². The summed E-state index contributed by atoms with van der Waals surface area (Å²) in [6.07, 6.45) is 3.09. The fourth-order valence-corrected chi connectivity index (χ4v) is 2.91. The van der Waals surface area contributed by atoms with Gasteiger partial charge in [0.15, 0.2) is 5.75 Å². The molecule has 0 spiro atoms. The Labute approximate surface area is 314 Å². The zero-order valence-corrected chi connectivity index (χ0v) is 29.9. The van der Waals surface area contributed by atoms with Crippen LogP contribution in [0.2, 0.25) is 0 Å². The Kier molecular flexibility index (Phi) is 39.9. The molecule has 0 unspecified atom stereocenters. The van der Waals surface area contributed by atoms with Crippen LogP contribution in [-0.4, -0.2) is 116 Å². The van der Waals surface area contributed by atoms with Crippen molar-refractivity contribution in [3.63, 3.8) is 0 Å². The molecule has 47 heavy (non-hydrogen) atoms. The van der Waals surface area contributed by atoms with Gasteiger partial charge in [0.2, 0.25) is 0 Å². The van der Waals surface area contributed by atoms with Crippen LogP contribution in [0.5, 0.6) is 11.5 Å². The molecule has 0 bridgehead atoms. The first-order valence-corrected chi connectivity index (χ1v) is 13.9. The van der Waals surface area contributed by atoms with E-state index in [1.54, 1.807) is 12.3 Å². The number of nitrogens with zero attached hydrogens (tertiary/aromatic N) is 8. The van der Waals surface area contributed by atoms with E-state index in [0.29, 0.717) is 99.0 Å². The molecule has 2 rings (SSSR count). The van der Waals surface area contributed by atoms with Gasteiger partial charge in [-0.3, -0.25) is 9.69 Å². The average molecular weight is 701 g/mol. The molecule has 0 aliphatic rings. The zero-order chi connectivity index (χ0) is 31.8. The number of rotatable bonds is 26. The Morgan fingerprint density at radius 1 is 0.617 bits per heavy atom. The molecule has 0 aromatic carbocycles. The number of hydrogen-bond acceptors (Lipinski definition) is 12. The Balaban J connectivity index is -0.000000774. The van der Waals surface area contributed by atoms with Crippen LogP contribution in [0.4, 0.5) is 9.09 Å². The summed E-state index contributed by atoms with van der Waals surface area (Å²) in [5.41, 5.74) is 17.0. The number of ether oxygens (including phenoxy) is 8. The van der Waals surface area contributed by atoms with E-state index in [1.807, 2.05) is 19.1 Å². The van der Waals surface area contributed by atoms with Crippen molar-refractivity contribution in [2.24, 2.45) is 10.2 Å².